The SMILES string of the molecule is BC1=C(CC)c2c(cc(OC(=C)N(C)C)cc2C(C)C)CC1. The van der Waals surface area contributed by atoms with Gasteiger partial charge in [0.2, 0.25) is 0 Å². The Morgan fingerprint density at radius 2 is 2.00 bits per heavy atom. The highest BCUT2D eigenvalue weighted by Gasteiger charge is 2.21. The summed E-state index contributed by atoms with van der Waals surface area (Å²) >= 11 is 0. The Morgan fingerprint density at radius 3 is 2.55 bits per heavy atom. The molecule has 0 aliphatic heterocycles. The second kappa shape index (κ2) is 6.64. The molecule has 22 heavy (non-hydrogen) atoms. The maximum atomic E-state index is 5.94. The van der Waals surface area contributed by atoms with Gasteiger partial charge in [-0.3, -0.25) is 0 Å². The summed E-state index contributed by atoms with van der Waals surface area (Å²) in [4.78, 5) is 1.90. The van der Waals surface area contributed by atoms with Gasteiger partial charge in [-0.25, -0.2) is 0 Å². The maximum Gasteiger partial charge on any atom is 0.188 e. The number of aryl methyl sites for hydroxylation is 1. The molecule has 1 aromatic carbocycles. The van der Waals surface area contributed by atoms with Crippen molar-refractivity contribution in [3.05, 3.63) is 46.8 Å². The molecule has 1 aliphatic carbocycles. The van der Waals surface area contributed by atoms with Crippen LogP contribution in [0.15, 0.2) is 30.1 Å². The lowest BCUT2D eigenvalue weighted by Crippen LogP contribution is -2.16. The molecule has 0 N–H and O–H groups in total. The molecule has 118 valence electrons. The van der Waals surface area contributed by atoms with Crippen LogP contribution in [-0.2, 0) is 6.42 Å². The lowest BCUT2D eigenvalue weighted by Gasteiger charge is -2.27. The fraction of sp³-hybridized carbons (Fsp3) is 0.474. The van der Waals surface area contributed by atoms with Gasteiger partial charge in [-0.1, -0.05) is 26.3 Å². The first-order valence-corrected chi connectivity index (χ1v) is 8.25. The molecule has 2 rings (SSSR count). The van der Waals surface area contributed by atoms with E-state index in [1.165, 1.54) is 22.3 Å². The highest BCUT2D eigenvalue weighted by molar-refractivity contribution is 6.25. The summed E-state index contributed by atoms with van der Waals surface area (Å²) in [5.74, 6) is 2.07. The first kappa shape index (κ1) is 16.7. The monoisotopic (exact) mass is 297 g/mol. The van der Waals surface area contributed by atoms with Crippen molar-refractivity contribution in [2.45, 2.75) is 46.0 Å². The third-order valence-electron chi connectivity index (χ3n) is 4.52. The highest BCUT2D eigenvalue weighted by atomic mass is 16.5. The second-order valence-electron chi connectivity index (χ2n) is 6.70. The fourth-order valence-electron chi connectivity index (χ4n) is 3.17. The van der Waals surface area contributed by atoms with Crippen LogP contribution in [-0.4, -0.2) is 26.8 Å². The van der Waals surface area contributed by atoms with Gasteiger partial charge < -0.3 is 9.64 Å². The minimum atomic E-state index is 0.484. The third-order valence-corrected chi connectivity index (χ3v) is 4.52. The molecule has 0 bridgehead atoms. The predicted molar refractivity (Wildman–Crippen MR) is 98.1 cm³/mol. The number of nitrogens with zero attached hydrogens (tertiary/aromatic N) is 1. The van der Waals surface area contributed by atoms with Gasteiger partial charge in [-0.2, -0.15) is 0 Å². The van der Waals surface area contributed by atoms with E-state index in [1.54, 1.807) is 5.47 Å². The van der Waals surface area contributed by atoms with E-state index in [1.807, 2.05) is 19.0 Å². The number of hydrogen-bond donors (Lipinski definition) is 0. The fourth-order valence-corrected chi connectivity index (χ4v) is 3.17. The van der Waals surface area contributed by atoms with Gasteiger partial charge in [-0.15, -0.1) is 5.47 Å². The Labute approximate surface area is 136 Å². The zero-order chi connectivity index (χ0) is 16.4. The summed E-state index contributed by atoms with van der Waals surface area (Å²) < 4.78 is 5.94. The smallest absolute Gasteiger partial charge is 0.188 e. The summed E-state index contributed by atoms with van der Waals surface area (Å²) in [7, 11) is 6.18. The first-order valence-electron chi connectivity index (χ1n) is 8.25. The van der Waals surface area contributed by atoms with E-state index in [2.05, 4.69) is 47.3 Å². The van der Waals surface area contributed by atoms with Crippen molar-refractivity contribution >= 4 is 13.4 Å². The summed E-state index contributed by atoms with van der Waals surface area (Å²) in [6.07, 6.45) is 3.37. The van der Waals surface area contributed by atoms with Crippen LogP contribution in [0.2, 0.25) is 0 Å². The number of fused-ring (bicyclic) bond motifs is 1. The number of benzene rings is 1. The largest absolute Gasteiger partial charge is 0.442 e. The van der Waals surface area contributed by atoms with Crippen LogP contribution in [0, 0.1) is 0 Å². The van der Waals surface area contributed by atoms with Crippen molar-refractivity contribution in [3.63, 3.8) is 0 Å². The van der Waals surface area contributed by atoms with Crippen molar-refractivity contribution < 1.29 is 4.74 Å². The Morgan fingerprint density at radius 1 is 1.32 bits per heavy atom. The number of hydrogen-bond acceptors (Lipinski definition) is 2. The zero-order valence-electron chi connectivity index (χ0n) is 14.9. The molecule has 3 heteroatoms. The van der Waals surface area contributed by atoms with Gasteiger partial charge in [0.1, 0.15) is 13.6 Å². The molecular weight excluding hydrogens is 269 g/mol. The van der Waals surface area contributed by atoms with Crippen LogP contribution in [0.25, 0.3) is 5.57 Å². The van der Waals surface area contributed by atoms with Gasteiger partial charge >= 0.3 is 0 Å². The number of ether oxygens (including phenoxy) is 1. The van der Waals surface area contributed by atoms with E-state index in [0.29, 0.717) is 11.8 Å². The Kier molecular flexibility index (Phi) is 5.05. The van der Waals surface area contributed by atoms with Crippen LogP contribution in [0.1, 0.15) is 56.2 Å². The highest BCUT2D eigenvalue weighted by Crippen LogP contribution is 2.40. The van der Waals surface area contributed by atoms with Gasteiger partial charge in [0.25, 0.3) is 0 Å². The number of rotatable bonds is 5. The van der Waals surface area contributed by atoms with E-state index in [-0.39, 0.29) is 0 Å². The van der Waals surface area contributed by atoms with E-state index in [0.717, 1.165) is 25.0 Å². The van der Waals surface area contributed by atoms with Gasteiger partial charge in [0, 0.05) is 14.1 Å². The molecular formula is C19H28BNO. The van der Waals surface area contributed by atoms with E-state index in [9.17, 15) is 0 Å². The molecule has 0 saturated heterocycles. The van der Waals surface area contributed by atoms with Crippen LogP contribution in [0.5, 0.6) is 5.75 Å². The molecule has 0 fully saturated rings. The second-order valence-corrected chi connectivity index (χ2v) is 6.70. The van der Waals surface area contributed by atoms with Gasteiger partial charge in [0.05, 0.1) is 0 Å². The molecule has 1 aliphatic rings. The standard InChI is InChI=1S/C19H28BNO/c1-7-16-18(20)9-8-14-10-15(22-13(4)21(5)6)11-17(12(2)3)19(14)16/h10-12H,4,7-9,20H2,1-3,5-6H3. The molecule has 2 nitrogen and oxygen atoms in total. The van der Waals surface area contributed by atoms with Crippen LogP contribution < -0.4 is 4.74 Å². The maximum absolute atomic E-state index is 5.94. The Balaban J connectivity index is 2.53. The third kappa shape index (κ3) is 3.24. The molecule has 0 atom stereocenters. The molecule has 0 heterocycles. The summed E-state index contributed by atoms with van der Waals surface area (Å²) in [6.45, 7) is 10.8. The van der Waals surface area contributed by atoms with Crippen molar-refractivity contribution in [2.75, 3.05) is 14.1 Å². The predicted octanol–water partition coefficient (Wildman–Crippen LogP) is 3.92. The van der Waals surface area contributed by atoms with E-state index in [4.69, 9.17) is 4.74 Å². The van der Waals surface area contributed by atoms with E-state index < -0.39 is 0 Å². The van der Waals surface area contributed by atoms with Gasteiger partial charge in [0.15, 0.2) is 5.88 Å². The minimum absolute atomic E-state index is 0.484. The summed E-state index contributed by atoms with van der Waals surface area (Å²) in [5, 5.41) is 0. The average molecular weight is 297 g/mol. The van der Waals surface area contributed by atoms with Crippen molar-refractivity contribution in [1.82, 2.24) is 4.90 Å². The quantitative estimate of drug-likeness (QED) is 0.603. The zero-order valence-corrected chi connectivity index (χ0v) is 14.9. The molecule has 0 saturated carbocycles. The lowest BCUT2D eigenvalue weighted by atomic mass is 9.73. The van der Waals surface area contributed by atoms with Crippen LogP contribution in [0.4, 0.5) is 0 Å². The normalized spacial score (nSPS) is 14.1. The molecule has 1 aromatic rings. The summed E-state index contributed by atoms with van der Waals surface area (Å²) in [5.41, 5.74) is 7.38. The van der Waals surface area contributed by atoms with Crippen molar-refractivity contribution in [3.8, 4) is 5.75 Å². The van der Waals surface area contributed by atoms with Gasteiger partial charge in [-0.05, 0) is 60.6 Å². The lowest BCUT2D eigenvalue weighted by molar-refractivity contribution is 0.283. The van der Waals surface area contributed by atoms with E-state index >= 15 is 0 Å². The molecule has 0 amide bonds. The molecule has 0 radical (unpaired) electrons. The Hall–Kier alpha value is -1.64. The topological polar surface area (TPSA) is 12.5 Å². The van der Waals surface area contributed by atoms with Crippen LogP contribution in [0.3, 0.4) is 0 Å². The minimum Gasteiger partial charge on any atom is -0.442 e. The first-order chi connectivity index (χ1) is 10.3. The summed E-state index contributed by atoms with van der Waals surface area (Å²) in [6, 6.07) is 4.41. The van der Waals surface area contributed by atoms with Crippen LogP contribution >= 0.6 is 0 Å². The van der Waals surface area contributed by atoms with Crippen molar-refractivity contribution in [1.29, 1.82) is 0 Å². The molecule has 0 aromatic heterocycles. The van der Waals surface area contributed by atoms with Crippen molar-refractivity contribution in [2.24, 2.45) is 0 Å². The number of allylic oxidation sites excluding steroid dienone is 2. The Bertz CT molecular complexity index is 614. The average Bonchev–Trinajstić information content (AvgIpc) is 2.46. The molecule has 0 spiro atoms. The molecule has 0 unspecified atom stereocenters.